The zero-order valence-corrected chi connectivity index (χ0v) is 19.8. The Morgan fingerprint density at radius 3 is 2.22 bits per heavy atom. The number of phenols is 1. The standard InChI is InChI=1S/C27H26N2O7/c1-32-21-7-13(8-22(33-2)26(21)30)23-16-9-19-20(36-12-35-19)10-17(16)25(18-11-34-27(31)24(18)23)29-15-5-3-14(28)4-6-15/h3-10,18,23-25,29-30H,11-12,28H2,1-2H3/t18-,23-,24-,25+/m0/s1. The van der Waals surface area contributed by atoms with E-state index >= 15 is 0 Å². The van der Waals surface area contributed by atoms with Crippen LogP contribution in [0.3, 0.4) is 0 Å². The maximum atomic E-state index is 13.2. The molecule has 6 rings (SSSR count). The van der Waals surface area contributed by atoms with Gasteiger partial charge in [0.05, 0.1) is 32.8 Å². The third kappa shape index (κ3) is 3.42. The lowest BCUT2D eigenvalue weighted by Crippen LogP contribution is -2.37. The van der Waals surface area contributed by atoms with Gasteiger partial charge in [-0.15, -0.1) is 0 Å². The topological polar surface area (TPSA) is 122 Å². The number of aromatic hydroxyl groups is 1. The quantitative estimate of drug-likeness (QED) is 0.362. The number of nitrogens with two attached hydrogens (primary N) is 1. The minimum atomic E-state index is -0.483. The summed E-state index contributed by atoms with van der Waals surface area (Å²) < 4.78 is 27.9. The van der Waals surface area contributed by atoms with Gasteiger partial charge >= 0.3 is 5.97 Å². The van der Waals surface area contributed by atoms with E-state index in [-0.39, 0.29) is 54.5 Å². The average Bonchev–Trinajstić information content (AvgIpc) is 3.51. The molecule has 2 aliphatic heterocycles. The zero-order valence-electron chi connectivity index (χ0n) is 19.8. The molecule has 3 aromatic carbocycles. The van der Waals surface area contributed by atoms with Gasteiger partial charge in [0.2, 0.25) is 12.5 Å². The number of rotatable bonds is 5. The Hall–Kier alpha value is -4.27. The van der Waals surface area contributed by atoms with Gasteiger partial charge in [-0.25, -0.2) is 0 Å². The van der Waals surface area contributed by atoms with Crippen molar-refractivity contribution in [2.75, 3.05) is 38.7 Å². The van der Waals surface area contributed by atoms with Gasteiger partial charge in [-0.05, 0) is 65.2 Å². The number of esters is 1. The number of hydrogen-bond acceptors (Lipinski definition) is 9. The van der Waals surface area contributed by atoms with Crippen molar-refractivity contribution in [2.24, 2.45) is 11.8 Å². The highest BCUT2D eigenvalue weighted by molar-refractivity contribution is 5.79. The number of benzene rings is 3. The molecule has 3 aromatic rings. The summed E-state index contributed by atoms with van der Waals surface area (Å²) in [4.78, 5) is 13.2. The Kier molecular flexibility index (Phi) is 5.21. The van der Waals surface area contributed by atoms with Crippen LogP contribution in [0.5, 0.6) is 28.7 Å². The molecule has 0 unspecified atom stereocenters. The molecule has 0 bridgehead atoms. The van der Waals surface area contributed by atoms with E-state index in [0.717, 1.165) is 22.4 Å². The zero-order chi connectivity index (χ0) is 25.0. The number of fused-ring (bicyclic) bond motifs is 3. The lowest BCUT2D eigenvalue weighted by atomic mass is 9.65. The summed E-state index contributed by atoms with van der Waals surface area (Å²) in [6.07, 6.45) is 0. The molecule has 4 atom stereocenters. The minimum Gasteiger partial charge on any atom is -0.502 e. The molecule has 0 spiro atoms. The van der Waals surface area contributed by atoms with Crippen molar-refractivity contribution >= 4 is 17.3 Å². The van der Waals surface area contributed by atoms with Gasteiger partial charge in [-0.1, -0.05) is 0 Å². The number of carbonyl (C=O) groups excluding carboxylic acids is 1. The van der Waals surface area contributed by atoms with Crippen LogP contribution in [0.4, 0.5) is 11.4 Å². The summed E-state index contributed by atoms with van der Waals surface area (Å²) >= 11 is 0. The summed E-state index contributed by atoms with van der Waals surface area (Å²) in [5.74, 6) is 0.383. The SMILES string of the molecule is COc1cc([C@H]2c3cc4c(cc3[C@@H](Nc3ccc(N)cc3)[C@H]3COC(=O)[C@H]23)OCO4)cc(OC)c1O. The third-order valence-electron chi connectivity index (χ3n) is 7.28. The molecule has 9 heteroatoms. The van der Waals surface area contributed by atoms with Gasteiger partial charge in [0.25, 0.3) is 0 Å². The Balaban J connectivity index is 1.55. The van der Waals surface area contributed by atoms with Crippen molar-refractivity contribution in [1.82, 2.24) is 0 Å². The van der Waals surface area contributed by atoms with Crippen LogP contribution in [0.2, 0.25) is 0 Å². The van der Waals surface area contributed by atoms with Gasteiger partial charge in [-0.2, -0.15) is 0 Å². The van der Waals surface area contributed by atoms with Crippen molar-refractivity contribution in [1.29, 1.82) is 0 Å². The molecule has 0 saturated carbocycles. The van der Waals surface area contributed by atoms with Crippen LogP contribution in [0.1, 0.15) is 28.7 Å². The van der Waals surface area contributed by atoms with Gasteiger partial charge in [0.15, 0.2) is 23.0 Å². The monoisotopic (exact) mass is 490 g/mol. The maximum Gasteiger partial charge on any atom is 0.310 e. The first-order valence-corrected chi connectivity index (χ1v) is 11.7. The first-order chi connectivity index (χ1) is 17.5. The molecule has 1 saturated heterocycles. The number of carbonyl (C=O) groups is 1. The number of phenolic OH excluding ortho intramolecular Hbond substituents is 1. The lowest BCUT2D eigenvalue weighted by Gasteiger charge is -2.40. The van der Waals surface area contributed by atoms with E-state index in [4.69, 9.17) is 29.4 Å². The Labute approximate surface area is 207 Å². The van der Waals surface area contributed by atoms with Crippen LogP contribution in [0, 0.1) is 11.8 Å². The number of anilines is 2. The molecule has 4 N–H and O–H groups in total. The molecule has 36 heavy (non-hydrogen) atoms. The van der Waals surface area contributed by atoms with Crippen LogP contribution in [-0.4, -0.2) is 38.7 Å². The molecule has 1 fully saturated rings. The van der Waals surface area contributed by atoms with E-state index in [1.54, 1.807) is 12.1 Å². The van der Waals surface area contributed by atoms with Crippen LogP contribution in [-0.2, 0) is 9.53 Å². The molecule has 0 amide bonds. The van der Waals surface area contributed by atoms with E-state index < -0.39 is 5.92 Å². The fourth-order valence-corrected chi connectivity index (χ4v) is 5.60. The molecule has 2 heterocycles. The van der Waals surface area contributed by atoms with E-state index in [9.17, 15) is 9.90 Å². The normalized spacial score (nSPS) is 23.4. The number of nitrogens with one attached hydrogen (secondary N) is 1. The first kappa shape index (κ1) is 22.2. The third-order valence-corrected chi connectivity index (χ3v) is 7.28. The lowest BCUT2D eigenvalue weighted by molar-refractivity contribution is -0.141. The molecule has 1 aliphatic carbocycles. The van der Waals surface area contributed by atoms with E-state index in [1.165, 1.54) is 14.2 Å². The maximum absolute atomic E-state index is 13.2. The highest BCUT2D eigenvalue weighted by atomic mass is 16.7. The molecule has 0 radical (unpaired) electrons. The molecule has 0 aromatic heterocycles. The predicted octanol–water partition coefficient (Wildman–Crippen LogP) is 3.81. The second-order valence-electron chi connectivity index (χ2n) is 9.15. The van der Waals surface area contributed by atoms with Gasteiger partial charge < -0.3 is 39.8 Å². The summed E-state index contributed by atoms with van der Waals surface area (Å²) in [7, 11) is 2.95. The number of hydrogen-bond donors (Lipinski definition) is 3. The molecule has 9 nitrogen and oxygen atoms in total. The highest BCUT2D eigenvalue weighted by Gasteiger charge is 2.52. The summed E-state index contributed by atoms with van der Waals surface area (Å²) in [6, 6.07) is 14.7. The van der Waals surface area contributed by atoms with Crippen molar-refractivity contribution in [3.05, 3.63) is 65.2 Å². The van der Waals surface area contributed by atoms with Gasteiger partial charge in [0.1, 0.15) is 0 Å². The Morgan fingerprint density at radius 1 is 0.944 bits per heavy atom. The van der Waals surface area contributed by atoms with Crippen LogP contribution in [0.15, 0.2) is 48.5 Å². The number of nitrogen functional groups attached to an aromatic ring is 1. The van der Waals surface area contributed by atoms with Crippen molar-refractivity contribution in [3.8, 4) is 28.7 Å². The van der Waals surface area contributed by atoms with Crippen molar-refractivity contribution < 1.29 is 33.6 Å². The summed E-state index contributed by atoms with van der Waals surface area (Å²) in [5.41, 5.74) is 10.1. The molecule has 186 valence electrons. The number of methoxy groups -OCH3 is 2. The number of cyclic esters (lactones) is 1. The fourth-order valence-electron chi connectivity index (χ4n) is 5.60. The van der Waals surface area contributed by atoms with Crippen molar-refractivity contribution in [2.45, 2.75) is 12.0 Å². The summed E-state index contributed by atoms with van der Waals surface area (Å²) in [5, 5.41) is 14.1. The first-order valence-electron chi connectivity index (χ1n) is 11.7. The van der Waals surface area contributed by atoms with Gasteiger partial charge in [0, 0.05) is 23.2 Å². The van der Waals surface area contributed by atoms with Crippen molar-refractivity contribution in [3.63, 3.8) is 0 Å². The molecule has 3 aliphatic rings. The van der Waals surface area contributed by atoms with E-state index in [0.29, 0.717) is 17.2 Å². The second kappa shape index (κ2) is 8.44. The van der Waals surface area contributed by atoms with Crippen LogP contribution < -0.4 is 30.0 Å². The number of ether oxygens (including phenoxy) is 5. The Bertz CT molecular complexity index is 1320. The largest absolute Gasteiger partial charge is 0.502 e. The molecular weight excluding hydrogens is 464 g/mol. The average molecular weight is 491 g/mol. The minimum absolute atomic E-state index is 0.0982. The summed E-state index contributed by atoms with van der Waals surface area (Å²) in [6.45, 7) is 0.404. The second-order valence-corrected chi connectivity index (χ2v) is 9.15. The van der Waals surface area contributed by atoms with Crippen LogP contribution >= 0.6 is 0 Å². The van der Waals surface area contributed by atoms with E-state index in [2.05, 4.69) is 5.32 Å². The predicted molar refractivity (Wildman–Crippen MR) is 131 cm³/mol. The Morgan fingerprint density at radius 2 is 1.58 bits per heavy atom. The van der Waals surface area contributed by atoms with E-state index in [1.807, 2.05) is 36.4 Å². The fraction of sp³-hybridized carbons (Fsp3) is 0.296. The smallest absolute Gasteiger partial charge is 0.310 e. The highest BCUT2D eigenvalue weighted by Crippen LogP contribution is 2.56. The molecular formula is C27H26N2O7. The van der Waals surface area contributed by atoms with Gasteiger partial charge in [-0.3, -0.25) is 4.79 Å². The van der Waals surface area contributed by atoms with Crippen LogP contribution in [0.25, 0.3) is 0 Å².